The number of carbonyl (C=O) groups excluding carboxylic acids is 2. The van der Waals surface area contributed by atoms with Crippen molar-refractivity contribution < 1.29 is 14.3 Å². The summed E-state index contributed by atoms with van der Waals surface area (Å²) in [6.07, 6.45) is 1.03. The van der Waals surface area contributed by atoms with Crippen LogP contribution >= 0.6 is 46.4 Å². The minimum absolute atomic E-state index is 0.0144. The van der Waals surface area contributed by atoms with Crippen LogP contribution < -0.4 is 10.1 Å². The second-order valence-electron chi connectivity index (χ2n) is 8.61. The summed E-state index contributed by atoms with van der Waals surface area (Å²) >= 11 is 25.1. The number of benzene rings is 3. The summed E-state index contributed by atoms with van der Waals surface area (Å²) in [5, 5.41) is 4.53. The lowest BCUT2D eigenvalue weighted by Crippen LogP contribution is -2.53. The van der Waals surface area contributed by atoms with Gasteiger partial charge in [-0.3, -0.25) is 9.59 Å². The Hall–Kier alpha value is -2.44. The molecule has 0 aliphatic rings. The smallest absolute Gasteiger partial charge is 0.261 e. The second-order valence-corrected chi connectivity index (χ2v) is 10.3. The lowest BCUT2D eigenvalue weighted by Gasteiger charge is -2.32. The summed E-state index contributed by atoms with van der Waals surface area (Å²) in [5.41, 5.74) is 1.44. The molecule has 0 saturated heterocycles. The van der Waals surface area contributed by atoms with Crippen molar-refractivity contribution in [2.45, 2.75) is 45.3 Å². The molecule has 5 nitrogen and oxygen atoms in total. The number of hydrogen-bond acceptors (Lipinski definition) is 3. The van der Waals surface area contributed by atoms with Crippen LogP contribution in [-0.2, 0) is 22.6 Å². The Morgan fingerprint density at radius 2 is 1.59 bits per heavy atom. The van der Waals surface area contributed by atoms with Crippen LogP contribution in [0.15, 0.2) is 66.7 Å². The third-order valence-electron chi connectivity index (χ3n) is 5.91. The van der Waals surface area contributed by atoms with Crippen LogP contribution in [-0.4, -0.2) is 35.4 Å². The number of halogens is 4. The summed E-state index contributed by atoms with van der Waals surface area (Å²) in [4.78, 5) is 28.7. The van der Waals surface area contributed by atoms with Gasteiger partial charge >= 0.3 is 0 Å². The Kier molecular flexibility index (Phi) is 11.0. The Labute approximate surface area is 237 Å². The first-order chi connectivity index (χ1) is 17.7. The Bertz CT molecular complexity index is 1200. The maximum absolute atomic E-state index is 13.7. The molecule has 2 atom stereocenters. The number of amides is 2. The van der Waals surface area contributed by atoms with Gasteiger partial charge in [-0.2, -0.15) is 0 Å². The largest absolute Gasteiger partial charge is 0.482 e. The fourth-order valence-corrected chi connectivity index (χ4v) is 4.64. The van der Waals surface area contributed by atoms with Gasteiger partial charge in [0.25, 0.3) is 5.91 Å². The third-order valence-corrected chi connectivity index (χ3v) is 7.15. The van der Waals surface area contributed by atoms with Crippen molar-refractivity contribution in [3.8, 4) is 5.75 Å². The van der Waals surface area contributed by atoms with E-state index in [9.17, 15) is 9.59 Å². The summed E-state index contributed by atoms with van der Waals surface area (Å²) in [5.74, 6) is -0.403. The molecule has 0 unspecified atom stereocenters. The number of carbonyl (C=O) groups is 2. The number of rotatable bonds is 11. The van der Waals surface area contributed by atoms with E-state index in [2.05, 4.69) is 5.32 Å². The van der Waals surface area contributed by atoms with Crippen molar-refractivity contribution >= 4 is 58.2 Å². The fraction of sp³-hybridized carbons (Fsp3) is 0.286. The molecule has 0 bridgehead atoms. The predicted molar refractivity (Wildman–Crippen MR) is 151 cm³/mol. The zero-order valence-electron chi connectivity index (χ0n) is 20.5. The highest BCUT2D eigenvalue weighted by atomic mass is 35.5. The minimum Gasteiger partial charge on any atom is -0.482 e. The summed E-state index contributed by atoms with van der Waals surface area (Å²) in [6.45, 7) is 3.55. The average Bonchev–Trinajstić information content (AvgIpc) is 2.87. The van der Waals surface area contributed by atoms with Crippen LogP contribution in [0.2, 0.25) is 20.1 Å². The average molecular weight is 582 g/mol. The maximum atomic E-state index is 13.7. The molecule has 0 aromatic heterocycles. The molecular formula is C28H28Cl4N2O3. The molecule has 37 heavy (non-hydrogen) atoms. The van der Waals surface area contributed by atoms with Gasteiger partial charge in [0.2, 0.25) is 5.91 Å². The van der Waals surface area contributed by atoms with E-state index < -0.39 is 11.9 Å². The summed E-state index contributed by atoms with van der Waals surface area (Å²) in [7, 11) is 0. The zero-order valence-corrected chi connectivity index (χ0v) is 23.5. The van der Waals surface area contributed by atoms with E-state index in [0.717, 1.165) is 12.0 Å². The molecule has 0 spiro atoms. The SMILES string of the molecule is CC[C@H](C)NC(=O)[C@@H](Cc1ccccc1)N(Cc1c(Cl)cccc1Cl)C(=O)COc1ccc(Cl)cc1Cl. The minimum atomic E-state index is -0.847. The zero-order chi connectivity index (χ0) is 26.9. The first-order valence-corrected chi connectivity index (χ1v) is 13.3. The lowest BCUT2D eigenvalue weighted by atomic mass is 10.0. The molecule has 0 fully saturated rings. The quantitative estimate of drug-likeness (QED) is 0.260. The van der Waals surface area contributed by atoms with Crippen molar-refractivity contribution in [3.05, 3.63) is 97.9 Å². The van der Waals surface area contributed by atoms with Crippen LogP contribution in [0.25, 0.3) is 0 Å². The van der Waals surface area contributed by atoms with E-state index in [-0.39, 0.29) is 30.1 Å². The number of nitrogens with one attached hydrogen (secondary N) is 1. The molecule has 2 amide bonds. The topological polar surface area (TPSA) is 58.6 Å². The predicted octanol–water partition coefficient (Wildman–Crippen LogP) is 7.23. The van der Waals surface area contributed by atoms with E-state index in [1.54, 1.807) is 30.3 Å². The standard InChI is InChI=1S/C28H28Cl4N2O3/c1-3-18(2)33-28(36)25(14-19-8-5-4-6-9-19)34(16-21-22(30)10-7-11-23(21)31)27(35)17-37-26-13-12-20(29)15-24(26)32/h4-13,15,18,25H,3,14,16-17H2,1-2H3,(H,33,36)/t18-,25+/m0/s1. The van der Waals surface area contributed by atoms with Crippen LogP contribution in [0, 0.1) is 0 Å². The van der Waals surface area contributed by atoms with Gasteiger partial charge in [-0.25, -0.2) is 0 Å². The van der Waals surface area contributed by atoms with E-state index in [0.29, 0.717) is 32.8 Å². The van der Waals surface area contributed by atoms with Crippen molar-refractivity contribution in [2.24, 2.45) is 0 Å². The normalized spacial score (nSPS) is 12.5. The summed E-state index contributed by atoms with van der Waals surface area (Å²) in [6, 6.07) is 18.4. The van der Waals surface area contributed by atoms with Gasteiger partial charge in [-0.15, -0.1) is 0 Å². The number of nitrogens with zero attached hydrogens (tertiary/aromatic N) is 1. The third kappa shape index (κ3) is 8.27. The van der Waals surface area contributed by atoms with Gasteiger partial charge in [0.15, 0.2) is 6.61 Å². The molecule has 196 valence electrons. The first kappa shape index (κ1) is 29.1. The van der Waals surface area contributed by atoms with Crippen LogP contribution in [0.1, 0.15) is 31.4 Å². The molecule has 0 aliphatic heterocycles. The molecule has 0 heterocycles. The molecule has 0 radical (unpaired) electrons. The van der Waals surface area contributed by atoms with Crippen molar-refractivity contribution in [3.63, 3.8) is 0 Å². The van der Waals surface area contributed by atoms with Crippen molar-refractivity contribution in [1.29, 1.82) is 0 Å². The molecule has 0 aliphatic carbocycles. The number of hydrogen-bond donors (Lipinski definition) is 1. The maximum Gasteiger partial charge on any atom is 0.261 e. The Morgan fingerprint density at radius 1 is 0.919 bits per heavy atom. The fourth-order valence-electron chi connectivity index (χ4n) is 3.66. The summed E-state index contributed by atoms with van der Waals surface area (Å²) < 4.78 is 5.74. The van der Waals surface area contributed by atoms with E-state index >= 15 is 0 Å². The molecule has 1 N–H and O–H groups in total. The molecular weight excluding hydrogens is 554 g/mol. The van der Waals surface area contributed by atoms with E-state index in [1.165, 1.54) is 11.0 Å². The second kappa shape index (κ2) is 13.9. The van der Waals surface area contributed by atoms with Gasteiger partial charge in [0.1, 0.15) is 11.8 Å². The number of ether oxygens (including phenoxy) is 1. The van der Waals surface area contributed by atoms with Gasteiger partial charge in [-0.05, 0) is 49.2 Å². The first-order valence-electron chi connectivity index (χ1n) is 11.8. The van der Waals surface area contributed by atoms with Crippen LogP contribution in [0.4, 0.5) is 0 Å². The highest BCUT2D eigenvalue weighted by Crippen LogP contribution is 2.29. The Morgan fingerprint density at radius 3 is 2.22 bits per heavy atom. The van der Waals surface area contributed by atoms with Gasteiger partial charge < -0.3 is 15.0 Å². The molecule has 9 heteroatoms. The molecule has 3 aromatic rings. The van der Waals surface area contributed by atoms with Gasteiger partial charge in [0.05, 0.1) is 5.02 Å². The highest BCUT2D eigenvalue weighted by molar-refractivity contribution is 6.36. The highest BCUT2D eigenvalue weighted by Gasteiger charge is 2.32. The van der Waals surface area contributed by atoms with E-state index in [4.69, 9.17) is 51.1 Å². The monoisotopic (exact) mass is 580 g/mol. The van der Waals surface area contributed by atoms with Crippen molar-refractivity contribution in [1.82, 2.24) is 10.2 Å². The lowest BCUT2D eigenvalue weighted by molar-refractivity contribution is -0.143. The van der Waals surface area contributed by atoms with Crippen LogP contribution in [0.3, 0.4) is 0 Å². The Balaban J connectivity index is 1.97. The van der Waals surface area contributed by atoms with Crippen molar-refractivity contribution in [2.75, 3.05) is 6.61 Å². The van der Waals surface area contributed by atoms with E-state index in [1.807, 2.05) is 44.2 Å². The molecule has 3 rings (SSSR count). The van der Waals surface area contributed by atoms with Gasteiger partial charge in [-0.1, -0.05) is 89.7 Å². The molecule has 0 saturated carbocycles. The molecule has 3 aromatic carbocycles. The van der Waals surface area contributed by atoms with Crippen LogP contribution in [0.5, 0.6) is 5.75 Å². The van der Waals surface area contributed by atoms with Gasteiger partial charge in [0, 0.05) is 39.6 Å².